The molecule has 0 spiro atoms. The maximum Gasteiger partial charge on any atom is 0.416 e. The van der Waals surface area contributed by atoms with E-state index in [2.05, 4.69) is 10.6 Å². The first-order valence-corrected chi connectivity index (χ1v) is 6.55. The number of anilines is 1. The van der Waals surface area contributed by atoms with Crippen molar-refractivity contribution in [2.45, 2.75) is 38.4 Å². The van der Waals surface area contributed by atoms with E-state index in [1.165, 1.54) is 19.1 Å². The number of benzene rings is 1. The van der Waals surface area contributed by atoms with Crippen LogP contribution < -0.4 is 10.6 Å². The van der Waals surface area contributed by atoms with E-state index in [4.69, 9.17) is 0 Å². The SMILES string of the molecule is Cc1cc(NC(=O)[C@@H]2CCCC(=O)N2)ccc1C(F)(F)F. The summed E-state index contributed by atoms with van der Waals surface area (Å²) in [5.41, 5.74) is -0.412. The van der Waals surface area contributed by atoms with E-state index in [0.717, 1.165) is 6.07 Å². The Morgan fingerprint density at radius 2 is 2.10 bits per heavy atom. The van der Waals surface area contributed by atoms with Crippen LogP contribution in [-0.2, 0) is 15.8 Å². The molecule has 114 valence electrons. The van der Waals surface area contributed by atoms with Crippen molar-refractivity contribution < 1.29 is 22.8 Å². The molecule has 0 radical (unpaired) electrons. The van der Waals surface area contributed by atoms with Crippen LogP contribution in [0, 0.1) is 6.92 Å². The predicted octanol–water partition coefficient (Wildman–Crippen LogP) is 2.62. The zero-order valence-electron chi connectivity index (χ0n) is 11.4. The Morgan fingerprint density at radius 3 is 2.67 bits per heavy atom. The molecular weight excluding hydrogens is 285 g/mol. The summed E-state index contributed by atoms with van der Waals surface area (Å²) in [6.45, 7) is 1.33. The highest BCUT2D eigenvalue weighted by Gasteiger charge is 2.32. The van der Waals surface area contributed by atoms with Gasteiger partial charge in [-0.15, -0.1) is 0 Å². The summed E-state index contributed by atoms with van der Waals surface area (Å²) in [4.78, 5) is 23.2. The van der Waals surface area contributed by atoms with Crippen molar-refractivity contribution in [3.05, 3.63) is 29.3 Å². The minimum Gasteiger partial charge on any atom is -0.344 e. The number of carbonyl (C=O) groups excluding carboxylic acids is 2. The summed E-state index contributed by atoms with van der Waals surface area (Å²) in [7, 11) is 0. The zero-order valence-corrected chi connectivity index (χ0v) is 11.4. The van der Waals surface area contributed by atoms with Gasteiger partial charge in [-0.1, -0.05) is 0 Å². The third-order valence-electron chi connectivity index (χ3n) is 3.35. The minimum atomic E-state index is -4.41. The Bertz CT molecular complexity index is 570. The molecule has 2 rings (SSSR count). The number of nitrogens with one attached hydrogen (secondary N) is 2. The molecule has 1 atom stereocenters. The number of aryl methyl sites for hydroxylation is 1. The summed E-state index contributed by atoms with van der Waals surface area (Å²) in [5, 5.41) is 5.09. The largest absolute Gasteiger partial charge is 0.416 e. The lowest BCUT2D eigenvalue weighted by Crippen LogP contribution is -2.46. The third-order valence-corrected chi connectivity index (χ3v) is 3.35. The second-order valence-electron chi connectivity index (χ2n) is 5.03. The van der Waals surface area contributed by atoms with E-state index >= 15 is 0 Å². The van der Waals surface area contributed by atoms with E-state index in [1.54, 1.807) is 0 Å². The van der Waals surface area contributed by atoms with Crippen LogP contribution in [0.5, 0.6) is 0 Å². The summed E-state index contributed by atoms with van der Waals surface area (Å²) < 4.78 is 37.9. The highest BCUT2D eigenvalue weighted by molar-refractivity contribution is 5.97. The van der Waals surface area contributed by atoms with E-state index in [-0.39, 0.29) is 17.2 Å². The van der Waals surface area contributed by atoms with Gasteiger partial charge in [-0.3, -0.25) is 9.59 Å². The average molecular weight is 300 g/mol. The molecule has 0 saturated carbocycles. The van der Waals surface area contributed by atoms with Gasteiger partial charge in [0.2, 0.25) is 11.8 Å². The van der Waals surface area contributed by atoms with Gasteiger partial charge in [0.1, 0.15) is 6.04 Å². The molecule has 1 aliphatic heterocycles. The molecule has 0 unspecified atom stereocenters. The minimum absolute atomic E-state index is 0.0352. The molecule has 0 aromatic heterocycles. The molecule has 1 aromatic rings. The molecule has 1 heterocycles. The van der Waals surface area contributed by atoms with Gasteiger partial charge in [-0.05, 0) is 43.5 Å². The van der Waals surface area contributed by atoms with Gasteiger partial charge in [-0.25, -0.2) is 0 Å². The molecule has 0 bridgehead atoms. The Hall–Kier alpha value is -2.05. The average Bonchev–Trinajstić information content (AvgIpc) is 2.37. The second kappa shape index (κ2) is 5.75. The number of alkyl halides is 3. The Balaban J connectivity index is 2.08. The summed E-state index contributed by atoms with van der Waals surface area (Å²) in [6, 6.07) is 2.78. The maximum atomic E-state index is 12.6. The van der Waals surface area contributed by atoms with Gasteiger partial charge in [0.05, 0.1) is 5.56 Å². The van der Waals surface area contributed by atoms with Crippen LogP contribution in [0.2, 0.25) is 0 Å². The van der Waals surface area contributed by atoms with E-state index in [0.29, 0.717) is 19.3 Å². The van der Waals surface area contributed by atoms with E-state index < -0.39 is 23.7 Å². The summed E-state index contributed by atoms with van der Waals surface area (Å²) >= 11 is 0. The van der Waals surface area contributed by atoms with Crippen LogP contribution >= 0.6 is 0 Å². The molecule has 1 fully saturated rings. The monoisotopic (exact) mass is 300 g/mol. The van der Waals surface area contributed by atoms with Gasteiger partial charge in [-0.2, -0.15) is 13.2 Å². The van der Waals surface area contributed by atoms with Gasteiger partial charge in [0.25, 0.3) is 0 Å². The fraction of sp³-hybridized carbons (Fsp3) is 0.429. The lowest BCUT2D eigenvalue weighted by atomic mass is 10.0. The molecule has 2 N–H and O–H groups in total. The van der Waals surface area contributed by atoms with Gasteiger partial charge in [0, 0.05) is 12.1 Å². The Kier molecular flexibility index (Phi) is 4.20. The first-order chi connectivity index (χ1) is 9.77. The van der Waals surface area contributed by atoms with Crippen molar-refractivity contribution in [3.63, 3.8) is 0 Å². The number of carbonyl (C=O) groups is 2. The number of hydrogen-bond acceptors (Lipinski definition) is 2. The lowest BCUT2D eigenvalue weighted by Gasteiger charge is -2.22. The first-order valence-electron chi connectivity index (χ1n) is 6.55. The highest BCUT2D eigenvalue weighted by atomic mass is 19.4. The van der Waals surface area contributed by atoms with Crippen molar-refractivity contribution in [3.8, 4) is 0 Å². The third kappa shape index (κ3) is 3.74. The molecule has 2 amide bonds. The normalized spacial score (nSPS) is 19.0. The number of hydrogen-bond donors (Lipinski definition) is 2. The van der Waals surface area contributed by atoms with Crippen LogP contribution in [0.15, 0.2) is 18.2 Å². The Labute approximate surface area is 119 Å². The zero-order chi connectivity index (χ0) is 15.6. The Morgan fingerprint density at radius 1 is 1.38 bits per heavy atom. The predicted molar refractivity (Wildman–Crippen MR) is 70.6 cm³/mol. The molecular formula is C14H15F3N2O2. The summed E-state index contributed by atoms with van der Waals surface area (Å²) in [6.07, 6.45) is -2.87. The van der Waals surface area contributed by atoms with Crippen molar-refractivity contribution in [2.75, 3.05) is 5.32 Å². The maximum absolute atomic E-state index is 12.6. The molecule has 21 heavy (non-hydrogen) atoms. The van der Waals surface area contributed by atoms with Gasteiger partial charge < -0.3 is 10.6 Å². The second-order valence-corrected chi connectivity index (χ2v) is 5.03. The van der Waals surface area contributed by atoms with E-state index in [1.807, 2.05) is 0 Å². The number of amides is 2. The van der Waals surface area contributed by atoms with Crippen LogP contribution in [0.3, 0.4) is 0 Å². The van der Waals surface area contributed by atoms with Crippen LogP contribution in [-0.4, -0.2) is 17.9 Å². The fourth-order valence-corrected chi connectivity index (χ4v) is 2.29. The van der Waals surface area contributed by atoms with Crippen LogP contribution in [0.4, 0.5) is 18.9 Å². The topological polar surface area (TPSA) is 58.2 Å². The molecule has 1 saturated heterocycles. The first kappa shape index (κ1) is 15.3. The molecule has 0 aliphatic carbocycles. The van der Waals surface area contributed by atoms with Crippen molar-refractivity contribution >= 4 is 17.5 Å². The van der Waals surface area contributed by atoms with Crippen molar-refractivity contribution in [2.24, 2.45) is 0 Å². The lowest BCUT2D eigenvalue weighted by molar-refractivity contribution is -0.138. The number of halogens is 3. The summed E-state index contributed by atoms with van der Waals surface area (Å²) in [5.74, 6) is -0.604. The quantitative estimate of drug-likeness (QED) is 0.882. The molecule has 7 heteroatoms. The van der Waals surface area contributed by atoms with Crippen LogP contribution in [0.1, 0.15) is 30.4 Å². The van der Waals surface area contributed by atoms with Crippen molar-refractivity contribution in [1.29, 1.82) is 0 Å². The highest BCUT2D eigenvalue weighted by Crippen LogP contribution is 2.32. The van der Waals surface area contributed by atoms with Crippen LogP contribution in [0.25, 0.3) is 0 Å². The van der Waals surface area contributed by atoms with Crippen molar-refractivity contribution in [1.82, 2.24) is 5.32 Å². The molecule has 1 aliphatic rings. The van der Waals surface area contributed by atoms with Gasteiger partial charge >= 0.3 is 6.18 Å². The fourth-order valence-electron chi connectivity index (χ4n) is 2.29. The van der Waals surface area contributed by atoms with E-state index in [9.17, 15) is 22.8 Å². The standard InChI is InChI=1S/C14H15F3N2O2/c1-8-7-9(5-6-10(8)14(15,16)17)18-13(21)11-3-2-4-12(20)19-11/h5-7,11H,2-4H2,1H3,(H,18,21)(H,19,20)/t11-/m0/s1. The van der Waals surface area contributed by atoms with Gasteiger partial charge in [0.15, 0.2) is 0 Å². The smallest absolute Gasteiger partial charge is 0.344 e. The molecule has 1 aromatic carbocycles. The number of rotatable bonds is 2. The number of piperidine rings is 1. The molecule has 4 nitrogen and oxygen atoms in total.